The molecule has 0 aliphatic rings. The molecule has 0 radical (unpaired) electrons. The maximum Gasteiger partial charge on any atom is 0.254 e. The second-order valence-electron chi connectivity index (χ2n) is 4.20. The molecule has 8 heteroatoms. The normalized spacial score (nSPS) is 11.0. The van der Waals surface area contributed by atoms with Gasteiger partial charge in [-0.2, -0.15) is 5.26 Å². The Balaban J connectivity index is 2.22. The number of hydrogen-bond acceptors (Lipinski definition) is 5. The monoisotopic (exact) mass is 323 g/mol. The van der Waals surface area contributed by atoms with E-state index in [4.69, 9.17) is 16.9 Å². The van der Waals surface area contributed by atoms with Crippen molar-refractivity contribution in [3.05, 3.63) is 57.7 Å². The van der Waals surface area contributed by atoms with Crippen molar-refractivity contribution in [1.29, 1.82) is 5.26 Å². The Bertz CT molecular complexity index is 869. The molecule has 0 atom stereocenters. The van der Waals surface area contributed by atoms with Crippen LogP contribution >= 0.6 is 11.6 Å². The summed E-state index contributed by atoms with van der Waals surface area (Å²) in [6.45, 7) is -0.0396. The van der Waals surface area contributed by atoms with Gasteiger partial charge in [0.15, 0.2) is 9.84 Å². The Hall–Kier alpha value is -2.17. The van der Waals surface area contributed by atoms with Crippen molar-refractivity contribution in [3.63, 3.8) is 0 Å². The number of halogens is 1. The highest BCUT2D eigenvalue weighted by molar-refractivity contribution is 7.91. The lowest BCUT2D eigenvalue weighted by molar-refractivity contribution is 0.586. The van der Waals surface area contributed by atoms with E-state index in [0.29, 0.717) is 0 Å². The summed E-state index contributed by atoms with van der Waals surface area (Å²) >= 11 is 5.56. The molecule has 0 spiro atoms. The minimum absolute atomic E-state index is 0.0396. The van der Waals surface area contributed by atoms with Gasteiger partial charge in [-0.25, -0.2) is 13.4 Å². The third-order valence-corrected chi connectivity index (χ3v) is 4.67. The Morgan fingerprint density at radius 3 is 2.76 bits per heavy atom. The Morgan fingerprint density at radius 1 is 1.33 bits per heavy atom. The topological polar surface area (TPSA) is 92.8 Å². The van der Waals surface area contributed by atoms with E-state index in [2.05, 4.69) is 4.98 Å². The molecule has 0 aliphatic carbocycles. The van der Waals surface area contributed by atoms with Gasteiger partial charge in [-0.05, 0) is 18.2 Å². The summed E-state index contributed by atoms with van der Waals surface area (Å²) in [5, 5.41) is 8.84. The van der Waals surface area contributed by atoms with Gasteiger partial charge < -0.3 is 0 Å². The molecule has 0 unspecified atom stereocenters. The molecule has 1 aromatic heterocycles. The van der Waals surface area contributed by atoms with Crippen molar-refractivity contribution in [2.45, 2.75) is 11.4 Å². The molecule has 108 valence electrons. The average molecular weight is 324 g/mol. The lowest BCUT2D eigenvalue weighted by atomic mass is 10.2. The van der Waals surface area contributed by atoms with Gasteiger partial charge >= 0.3 is 0 Å². The smallest absolute Gasteiger partial charge is 0.254 e. The van der Waals surface area contributed by atoms with Crippen LogP contribution in [0.1, 0.15) is 5.56 Å². The van der Waals surface area contributed by atoms with Crippen LogP contribution in [0.2, 0.25) is 5.15 Å². The summed E-state index contributed by atoms with van der Waals surface area (Å²) in [5.41, 5.74) is -0.155. The summed E-state index contributed by atoms with van der Waals surface area (Å²) in [4.78, 5) is 15.4. The zero-order valence-electron chi connectivity index (χ0n) is 10.7. The van der Waals surface area contributed by atoms with Crippen LogP contribution in [0.15, 0.2) is 46.3 Å². The number of nitriles is 1. The first-order chi connectivity index (χ1) is 9.92. The summed E-state index contributed by atoms with van der Waals surface area (Å²) in [6, 6.07) is 8.74. The molecule has 1 heterocycles. The van der Waals surface area contributed by atoms with Crippen LogP contribution < -0.4 is 5.56 Å². The van der Waals surface area contributed by atoms with E-state index in [9.17, 15) is 13.2 Å². The minimum atomic E-state index is -3.59. The van der Waals surface area contributed by atoms with Crippen LogP contribution in [0.5, 0.6) is 0 Å². The first kappa shape index (κ1) is 15.2. The molecule has 0 N–H and O–H groups in total. The van der Waals surface area contributed by atoms with E-state index in [1.165, 1.54) is 30.6 Å². The molecule has 0 fully saturated rings. The van der Waals surface area contributed by atoms with Gasteiger partial charge in [0.05, 0.1) is 28.6 Å². The van der Waals surface area contributed by atoms with Gasteiger partial charge in [-0.1, -0.05) is 17.7 Å². The number of rotatable bonds is 4. The van der Waals surface area contributed by atoms with Gasteiger partial charge in [0.1, 0.15) is 5.15 Å². The van der Waals surface area contributed by atoms with Crippen molar-refractivity contribution in [1.82, 2.24) is 9.55 Å². The van der Waals surface area contributed by atoms with Gasteiger partial charge in [-0.15, -0.1) is 0 Å². The quantitative estimate of drug-likeness (QED) is 0.789. The van der Waals surface area contributed by atoms with Crippen LogP contribution in [-0.2, 0) is 16.4 Å². The summed E-state index contributed by atoms with van der Waals surface area (Å²) < 4.78 is 25.5. The molecule has 0 aliphatic heterocycles. The molecule has 0 amide bonds. The number of aromatic nitrogens is 2. The van der Waals surface area contributed by atoms with Crippen molar-refractivity contribution < 1.29 is 8.42 Å². The van der Waals surface area contributed by atoms with Crippen molar-refractivity contribution in [2.24, 2.45) is 0 Å². The van der Waals surface area contributed by atoms with Crippen LogP contribution in [0, 0.1) is 11.3 Å². The van der Waals surface area contributed by atoms with Crippen molar-refractivity contribution in [2.75, 3.05) is 5.75 Å². The van der Waals surface area contributed by atoms with Crippen molar-refractivity contribution in [3.8, 4) is 6.07 Å². The molecule has 0 bridgehead atoms. The predicted octanol–water partition coefficient (Wildman–Crippen LogP) is 1.24. The Labute approximate surface area is 126 Å². The average Bonchev–Trinajstić information content (AvgIpc) is 2.46. The van der Waals surface area contributed by atoms with E-state index >= 15 is 0 Å². The van der Waals surface area contributed by atoms with Crippen LogP contribution in [-0.4, -0.2) is 23.7 Å². The SMILES string of the molecule is N#Cc1cccc(S(=O)(=O)CCn2cnc(Cl)cc2=O)c1. The third kappa shape index (κ3) is 3.68. The van der Waals surface area contributed by atoms with E-state index in [1.54, 1.807) is 0 Å². The second-order valence-corrected chi connectivity index (χ2v) is 6.70. The summed E-state index contributed by atoms with van der Waals surface area (Å²) in [7, 11) is -3.59. The fraction of sp³-hybridized carbons (Fsp3) is 0.154. The minimum Gasteiger partial charge on any atom is -0.298 e. The summed E-state index contributed by atoms with van der Waals surface area (Å²) in [6.07, 6.45) is 1.20. The molecule has 0 saturated heterocycles. The van der Waals surface area contributed by atoms with E-state index in [1.807, 2.05) is 6.07 Å². The fourth-order valence-corrected chi connectivity index (χ4v) is 3.07. The molecule has 2 aromatic rings. The fourth-order valence-electron chi connectivity index (χ4n) is 1.67. The maximum atomic E-state index is 12.2. The largest absolute Gasteiger partial charge is 0.298 e. The highest BCUT2D eigenvalue weighted by atomic mass is 35.5. The van der Waals surface area contributed by atoms with Crippen LogP contribution in [0.3, 0.4) is 0 Å². The first-order valence-corrected chi connectivity index (χ1v) is 7.90. The molecule has 0 saturated carbocycles. The lowest BCUT2D eigenvalue weighted by Crippen LogP contribution is -2.23. The summed E-state index contributed by atoms with van der Waals surface area (Å²) in [5.74, 6) is -0.273. The number of sulfone groups is 1. The lowest BCUT2D eigenvalue weighted by Gasteiger charge is -2.07. The molecular weight excluding hydrogens is 314 g/mol. The van der Waals surface area contributed by atoms with Gasteiger partial charge in [-0.3, -0.25) is 9.36 Å². The van der Waals surface area contributed by atoms with E-state index in [-0.39, 0.29) is 27.9 Å². The number of nitrogens with zero attached hydrogens (tertiary/aromatic N) is 3. The number of hydrogen-bond donors (Lipinski definition) is 0. The van der Waals surface area contributed by atoms with E-state index < -0.39 is 15.4 Å². The number of aryl methyl sites for hydroxylation is 1. The first-order valence-electron chi connectivity index (χ1n) is 5.87. The Kier molecular flexibility index (Phi) is 4.40. The van der Waals surface area contributed by atoms with Gasteiger partial charge in [0, 0.05) is 12.6 Å². The maximum absolute atomic E-state index is 12.2. The molecule has 6 nitrogen and oxygen atoms in total. The molecule has 21 heavy (non-hydrogen) atoms. The van der Waals surface area contributed by atoms with Gasteiger partial charge in [0.25, 0.3) is 5.56 Å². The zero-order valence-corrected chi connectivity index (χ0v) is 12.3. The Morgan fingerprint density at radius 2 is 2.10 bits per heavy atom. The van der Waals surface area contributed by atoms with E-state index in [0.717, 1.165) is 10.6 Å². The molecule has 2 rings (SSSR count). The van der Waals surface area contributed by atoms with Gasteiger partial charge in [0.2, 0.25) is 0 Å². The van der Waals surface area contributed by atoms with Crippen molar-refractivity contribution >= 4 is 21.4 Å². The molecule has 1 aromatic carbocycles. The molecular formula is C13H10ClN3O3S. The highest BCUT2D eigenvalue weighted by Crippen LogP contribution is 2.13. The van der Waals surface area contributed by atoms with Crippen LogP contribution in [0.25, 0.3) is 0 Å². The predicted molar refractivity (Wildman–Crippen MR) is 76.7 cm³/mol. The number of benzene rings is 1. The zero-order chi connectivity index (χ0) is 15.5. The highest BCUT2D eigenvalue weighted by Gasteiger charge is 2.15. The third-order valence-electron chi connectivity index (χ3n) is 2.77. The van der Waals surface area contributed by atoms with Crippen LogP contribution in [0.4, 0.5) is 0 Å². The standard InChI is InChI=1S/C13H10ClN3O3S/c14-12-7-13(18)17(9-16-12)4-5-21(19,20)11-3-1-2-10(6-11)8-15/h1-3,6-7,9H,4-5H2. The second kappa shape index (κ2) is 6.08.